The Morgan fingerprint density at radius 1 is 1.09 bits per heavy atom. The smallest absolute Gasteiger partial charge is 0.238 e. The van der Waals surface area contributed by atoms with Gasteiger partial charge in [0.1, 0.15) is 11.0 Å². The van der Waals surface area contributed by atoms with E-state index in [1.54, 1.807) is 12.0 Å². The molecule has 2 amide bonds. The third-order valence-electron chi connectivity index (χ3n) is 5.48. The molecule has 1 heterocycles. The second kappa shape index (κ2) is 11.0. The van der Waals surface area contributed by atoms with Crippen molar-refractivity contribution in [2.75, 3.05) is 19.0 Å². The zero-order valence-corrected chi connectivity index (χ0v) is 20.0. The molecule has 1 atom stereocenters. The molecule has 34 heavy (non-hydrogen) atoms. The Morgan fingerprint density at radius 2 is 1.85 bits per heavy atom. The van der Waals surface area contributed by atoms with E-state index in [4.69, 9.17) is 9.73 Å². The third kappa shape index (κ3) is 6.05. The van der Waals surface area contributed by atoms with Gasteiger partial charge < -0.3 is 10.1 Å². The molecule has 1 fully saturated rings. The normalized spacial score (nSPS) is 17.0. The highest BCUT2D eigenvalue weighted by molar-refractivity contribution is 8.15. The number of nitrogens with one attached hydrogen (secondary N) is 1. The number of aliphatic imine (C=N–C) groups is 1. The van der Waals surface area contributed by atoms with Crippen molar-refractivity contribution in [3.05, 3.63) is 90.0 Å². The van der Waals surface area contributed by atoms with Crippen molar-refractivity contribution in [1.82, 2.24) is 4.90 Å². The van der Waals surface area contributed by atoms with Crippen LogP contribution in [0.15, 0.2) is 83.9 Å². The molecule has 4 rings (SSSR count). The highest BCUT2D eigenvalue weighted by Gasteiger charge is 2.35. The van der Waals surface area contributed by atoms with Gasteiger partial charge in [-0.05, 0) is 60.9 Å². The number of para-hydroxylation sites is 1. The number of aryl methyl sites for hydroxylation is 1. The van der Waals surface area contributed by atoms with Crippen LogP contribution < -0.4 is 10.1 Å². The zero-order chi connectivity index (χ0) is 23.9. The minimum atomic E-state index is -0.548. The number of amidine groups is 1. The van der Waals surface area contributed by atoms with E-state index >= 15 is 0 Å². The maximum absolute atomic E-state index is 13.2. The van der Waals surface area contributed by atoms with Gasteiger partial charge in [-0.2, -0.15) is 0 Å². The van der Waals surface area contributed by atoms with Crippen LogP contribution in [-0.4, -0.2) is 40.8 Å². The summed E-state index contributed by atoms with van der Waals surface area (Å²) in [5.41, 5.74) is 3.62. The lowest BCUT2D eigenvalue weighted by Gasteiger charge is -2.32. The van der Waals surface area contributed by atoms with Crippen LogP contribution in [0.25, 0.3) is 0 Å². The van der Waals surface area contributed by atoms with Gasteiger partial charge in [0, 0.05) is 18.7 Å². The van der Waals surface area contributed by atoms with Crippen LogP contribution in [-0.2, 0) is 16.0 Å². The first-order valence-corrected chi connectivity index (χ1v) is 12.0. The van der Waals surface area contributed by atoms with Crippen LogP contribution in [0.4, 0.5) is 11.4 Å². The standard InChI is InChI=1S/C27H27N3O3S/c1-19-7-6-10-22(17-19)28-26(32)24-18-25(31)30(16-15-20-11-13-23(33-2)14-12-20)27(34-24)29-21-8-4-3-5-9-21/h3-14,17,24H,15-16,18H2,1-2H3,(H,28,32). The fourth-order valence-corrected chi connectivity index (χ4v) is 4.78. The van der Waals surface area contributed by atoms with E-state index in [0.29, 0.717) is 18.1 Å². The summed E-state index contributed by atoms with van der Waals surface area (Å²) in [6.45, 7) is 2.45. The molecule has 1 N–H and O–H groups in total. The lowest BCUT2D eigenvalue weighted by atomic mass is 10.1. The number of thioether (sulfide) groups is 1. The van der Waals surface area contributed by atoms with Crippen LogP contribution >= 0.6 is 11.8 Å². The van der Waals surface area contributed by atoms with Crippen LogP contribution in [0.2, 0.25) is 0 Å². The van der Waals surface area contributed by atoms with Crippen molar-refractivity contribution in [3.8, 4) is 5.75 Å². The summed E-state index contributed by atoms with van der Waals surface area (Å²) >= 11 is 1.33. The SMILES string of the molecule is COc1ccc(CCN2C(=O)CC(C(=O)Nc3cccc(C)c3)SC2=Nc2ccccc2)cc1. The number of ether oxygens (including phenoxy) is 1. The molecule has 1 aliphatic rings. The van der Waals surface area contributed by atoms with Crippen LogP contribution in [0.5, 0.6) is 5.75 Å². The Hall–Kier alpha value is -3.58. The Morgan fingerprint density at radius 3 is 2.56 bits per heavy atom. The van der Waals surface area contributed by atoms with Gasteiger partial charge in [-0.3, -0.25) is 14.5 Å². The fourth-order valence-electron chi connectivity index (χ4n) is 3.65. The molecule has 0 bridgehead atoms. The van der Waals surface area contributed by atoms with Crippen molar-refractivity contribution in [3.63, 3.8) is 0 Å². The number of carbonyl (C=O) groups is 2. The molecule has 1 unspecified atom stereocenters. The largest absolute Gasteiger partial charge is 0.497 e. The Labute approximate surface area is 204 Å². The number of carbonyl (C=O) groups excluding carboxylic acids is 2. The molecule has 7 heteroatoms. The summed E-state index contributed by atoms with van der Waals surface area (Å²) in [5.74, 6) is 0.494. The maximum atomic E-state index is 13.2. The third-order valence-corrected chi connectivity index (χ3v) is 6.67. The predicted octanol–water partition coefficient (Wildman–Crippen LogP) is 5.21. The quantitative estimate of drug-likeness (QED) is 0.512. The number of rotatable bonds is 7. The van der Waals surface area contributed by atoms with Gasteiger partial charge in [-0.1, -0.05) is 54.2 Å². The average Bonchev–Trinajstić information content (AvgIpc) is 2.84. The number of benzene rings is 3. The van der Waals surface area contributed by atoms with E-state index in [2.05, 4.69) is 5.32 Å². The van der Waals surface area contributed by atoms with Crippen molar-refractivity contribution < 1.29 is 14.3 Å². The number of anilines is 1. The van der Waals surface area contributed by atoms with Gasteiger partial charge in [0.15, 0.2) is 5.17 Å². The van der Waals surface area contributed by atoms with Crippen molar-refractivity contribution >= 4 is 40.1 Å². The van der Waals surface area contributed by atoms with E-state index in [9.17, 15) is 9.59 Å². The van der Waals surface area contributed by atoms with Gasteiger partial charge in [-0.15, -0.1) is 0 Å². The Bertz CT molecular complexity index is 1180. The molecule has 0 aromatic heterocycles. The first-order chi connectivity index (χ1) is 16.5. The average molecular weight is 474 g/mol. The Kier molecular flexibility index (Phi) is 7.65. The molecule has 0 radical (unpaired) electrons. The molecule has 3 aromatic carbocycles. The molecule has 6 nitrogen and oxygen atoms in total. The summed E-state index contributed by atoms with van der Waals surface area (Å²) in [7, 11) is 1.64. The lowest BCUT2D eigenvalue weighted by molar-refractivity contribution is -0.129. The first kappa shape index (κ1) is 23.6. The molecule has 0 aliphatic carbocycles. The van der Waals surface area contributed by atoms with Gasteiger partial charge >= 0.3 is 0 Å². The fraction of sp³-hybridized carbons (Fsp3) is 0.222. The molecule has 174 valence electrons. The van der Waals surface area contributed by atoms with E-state index < -0.39 is 5.25 Å². The number of methoxy groups -OCH3 is 1. The number of nitrogens with zero attached hydrogens (tertiary/aromatic N) is 2. The molecular weight excluding hydrogens is 446 g/mol. The Balaban J connectivity index is 1.52. The molecule has 1 saturated heterocycles. The zero-order valence-electron chi connectivity index (χ0n) is 19.2. The topological polar surface area (TPSA) is 71.0 Å². The number of hydrogen-bond acceptors (Lipinski definition) is 5. The summed E-state index contributed by atoms with van der Waals surface area (Å²) in [6, 6.07) is 24.9. The number of hydrogen-bond donors (Lipinski definition) is 1. The molecule has 1 aliphatic heterocycles. The summed E-state index contributed by atoms with van der Waals surface area (Å²) in [6.07, 6.45) is 0.795. The minimum Gasteiger partial charge on any atom is -0.497 e. The highest BCUT2D eigenvalue weighted by Crippen LogP contribution is 2.30. The van der Waals surface area contributed by atoms with E-state index in [0.717, 1.165) is 28.3 Å². The van der Waals surface area contributed by atoms with Gasteiger partial charge in [-0.25, -0.2) is 4.99 Å². The van der Waals surface area contributed by atoms with E-state index in [1.807, 2.05) is 85.8 Å². The van der Waals surface area contributed by atoms with Crippen molar-refractivity contribution in [2.24, 2.45) is 4.99 Å². The highest BCUT2D eigenvalue weighted by atomic mass is 32.2. The summed E-state index contributed by atoms with van der Waals surface area (Å²) < 4.78 is 5.22. The second-order valence-corrected chi connectivity index (χ2v) is 9.21. The van der Waals surface area contributed by atoms with Gasteiger partial charge in [0.2, 0.25) is 11.8 Å². The minimum absolute atomic E-state index is 0.105. The van der Waals surface area contributed by atoms with Crippen LogP contribution in [0.3, 0.4) is 0 Å². The second-order valence-electron chi connectivity index (χ2n) is 8.04. The van der Waals surface area contributed by atoms with Crippen LogP contribution in [0.1, 0.15) is 17.5 Å². The van der Waals surface area contributed by atoms with Crippen molar-refractivity contribution in [1.29, 1.82) is 0 Å². The first-order valence-electron chi connectivity index (χ1n) is 11.1. The van der Waals surface area contributed by atoms with Gasteiger partial charge in [0.25, 0.3) is 0 Å². The maximum Gasteiger partial charge on any atom is 0.238 e. The monoisotopic (exact) mass is 473 g/mol. The molecule has 0 spiro atoms. The van der Waals surface area contributed by atoms with Crippen molar-refractivity contribution in [2.45, 2.75) is 25.0 Å². The van der Waals surface area contributed by atoms with Crippen LogP contribution in [0, 0.1) is 6.92 Å². The predicted molar refractivity (Wildman–Crippen MR) is 138 cm³/mol. The lowest BCUT2D eigenvalue weighted by Crippen LogP contribution is -2.46. The summed E-state index contributed by atoms with van der Waals surface area (Å²) in [5, 5.41) is 2.94. The van der Waals surface area contributed by atoms with Gasteiger partial charge in [0.05, 0.1) is 12.8 Å². The van der Waals surface area contributed by atoms with E-state index in [-0.39, 0.29) is 18.2 Å². The van der Waals surface area contributed by atoms with E-state index in [1.165, 1.54) is 11.8 Å². The number of amides is 2. The molecular formula is C27H27N3O3S. The molecule has 3 aromatic rings. The molecule has 0 saturated carbocycles. The summed E-state index contributed by atoms with van der Waals surface area (Å²) in [4.78, 5) is 32.6.